The zero-order chi connectivity index (χ0) is 34.1. The predicted octanol–water partition coefficient (Wildman–Crippen LogP) is 13.2. The van der Waals surface area contributed by atoms with Crippen LogP contribution in [0.3, 0.4) is 0 Å². The van der Waals surface area contributed by atoms with Crippen molar-refractivity contribution in [2.45, 2.75) is 40.0 Å². The van der Waals surface area contributed by atoms with E-state index in [1.807, 2.05) is 0 Å². The molecular weight excluding hydrogens is 605 g/mol. The molecule has 0 unspecified atom stereocenters. The molecule has 2 nitrogen and oxygen atoms in total. The van der Waals surface area contributed by atoms with Gasteiger partial charge >= 0.3 is 0 Å². The van der Waals surface area contributed by atoms with Crippen LogP contribution in [0.4, 0.5) is 17.1 Å². The van der Waals surface area contributed by atoms with E-state index in [1.54, 1.807) is 0 Å². The second-order valence-electron chi connectivity index (χ2n) is 14.4. The molecule has 0 aliphatic heterocycles. The Morgan fingerprint density at radius 3 is 1.94 bits per heavy atom. The van der Waals surface area contributed by atoms with Gasteiger partial charge in [0.2, 0.25) is 0 Å². The third-order valence-corrected chi connectivity index (χ3v) is 10.8. The van der Waals surface area contributed by atoms with Crippen molar-refractivity contribution >= 4 is 38.9 Å². The maximum atomic E-state index is 2.51. The minimum Gasteiger partial charge on any atom is -0.309 e. The molecule has 0 saturated carbocycles. The van der Waals surface area contributed by atoms with E-state index in [1.165, 1.54) is 88.9 Å². The van der Waals surface area contributed by atoms with Gasteiger partial charge in [0, 0.05) is 33.1 Å². The fraction of sp³-hybridized carbons (Fsp3) is 0.125. The summed E-state index contributed by atoms with van der Waals surface area (Å²) in [6.45, 7) is 11.4. The molecule has 0 saturated heterocycles. The Hall–Kier alpha value is -5.86. The number of aryl methyl sites for hydroxylation is 3. The van der Waals surface area contributed by atoms with Crippen molar-refractivity contribution in [3.8, 4) is 27.9 Å². The van der Waals surface area contributed by atoms with E-state index >= 15 is 0 Å². The Labute approximate surface area is 294 Å². The first kappa shape index (κ1) is 30.2. The van der Waals surface area contributed by atoms with Crippen LogP contribution in [-0.2, 0) is 5.41 Å². The number of rotatable bonds is 5. The standard InChI is InChI=1S/C48H40N2/c1-31-29-32(2)47(33(3)30-31)50(44-24-14-21-41-46(44)38-17-9-11-20-40(38)48(41,4)5)36-27-25-34(26-28-36)37-19-13-23-43-45(37)39-18-10-12-22-42(39)49(43)35-15-7-6-8-16-35/h6-30H,1-5H3. The molecule has 7 aromatic carbocycles. The second-order valence-corrected chi connectivity index (χ2v) is 14.4. The van der Waals surface area contributed by atoms with Gasteiger partial charge in [0.1, 0.15) is 0 Å². The van der Waals surface area contributed by atoms with Gasteiger partial charge in [-0.15, -0.1) is 0 Å². The summed E-state index contributed by atoms with van der Waals surface area (Å²) in [5.74, 6) is 0. The molecule has 0 amide bonds. The van der Waals surface area contributed by atoms with Crippen LogP contribution in [-0.4, -0.2) is 4.57 Å². The number of fused-ring (bicyclic) bond motifs is 6. The fourth-order valence-corrected chi connectivity index (χ4v) is 8.74. The molecule has 0 atom stereocenters. The third kappa shape index (κ3) is 4.48. The lowest BCUT2D eigenvalue weighted by Gasteiger charge is -2.31. The van der Waals surface area contributed by atoms with Crippen molar-refractivity contribution in [1.82, 2.24) is 4.57 Å². The summed E-state index contributed by atoms with van der Waals surface area (Å²) in [6, 6.07) is 55.9. The maximum Gasteiger partial charge on any atom is 0.0547 e. The van der Waals surface area contributed by atoms with Gasteiger partial charge in [-0.3, -0.25) is 0 Å². The number of para-hydroxylation sites is 2. The summed E-state index contributed by atoms with van der Waals surface area (Å²) in [6.07, 6.45) is 0. The van der Waals surface area contributed by atoms with Crippen molar-refractivity contribution in [3.05, 3.63) is 179 Å². The first-order valence-corrected chi connectivity index (χ1v) is 17.6. The zero-order valence-electron chi connectivity index (χ0n) is 29.3. The Morgan fingerprint density at radius 1 is 0.540 bits per heavy atom. The van der Waals surface area contributed by atoms with Gasteiger partial charge in [-0.25, -0.2) is 0 Å². The number of anilines is 3. The Bertz CT molecular complexity index is 2560. The Kier molecular flexibility index (Phi) is 6.86. The number of benzene rings is 7. The van der Waals surface area contributed by atoms with Crippen LogP contribution in [0.25, 0.3) is 49.7 Å². The summed E-state index contributed by atoms with van der Waals surface area (Å²) in [5, 5.41) is 2.54. The summed E-state index contributed by atoms with van der Waals surface area (Å²) < 4.78 is 2.39. The molecule has 50 heavy (non-hydrogen) atoms. The lowest BCUT2D eigenvalue weighted by molar-refractivity contribution is 0.660. The SMILES string of the molecule is Cc1cc(C)c(N(c2ccc(-c3cccc4c3c3ccccc3n4-c3ccccc3)cc2)c2cccc3c2-c2ccccc2C3(C)C)c(C)c1. The van der Waals surface area contributed by atoms with Crippen LogP contribution in [0.5, 0.6) is 0 Å². The average Bonchev–Trinajstić information content (AvgIpc) is 3.59. The van der Waals surface area contributed by atoms with E-state index in [0.717, 1.165) is 5.69 Å². The molecule has 0 spiro atoms. The normalized spacial score (nSPS) is 13.1. The van der Waals surface area contributed by atoms with E-state index in [9.17, 15) is 0 Å². The fourth-order valence-electron chi connectivity index (χ4n) is 8.74. The molecule has 0 N–H and O–H groups in total. The Balaban J connectivity index is 1.25. The van der Waals surface area contributed by atoms with Gasteiger partial charge in [-0.05, 0) is 102 Å². The highest BCUT2D eigenvalue weighted by atomic mass is 15.1. The highest BCUT2D eigenvalue weighted by Crippen LogP contribution is 2.54. The molecule has 0 radical (unpaired) electrons. The number of hydrogen-bond acceptors (Lipinski definition) is 1. The number of nitrogens with zero attached hydrogens (tertiary/aromatic N) is 2. The second kappa shape index (κ2) is 11.4. The summed E-state index contributed by atoms with van der Waals surface area (Å²) in [7, 11) is 0. The first-order chi connectivity index (χ1) is 24.3. The van der Waals surface area contributed by atoms with Gasteiger partial charge in [-0.1, -0.05) is 129 Å². The first-order valence-electron chi connectivity index (χ1n) is 17.6. The quantitative estimate of drug-likeness (QED) is 0.181. The Morgan fingerprint density at radius 2 is 1.16 bits per heavy atom. The highest BCUT2D eigenvalue weighted by molar-refractivity contribution is 6.15. The molecule has 0 bridgehead atoms. The largest absolute Gasteiger partial charge is 0.309 e. The number of hydrogen-bond donors (Lipinski definition) is 0. The summed E-state index contributed by atoms with van der Waals surface area (Å²) >= 11 is 0. The third-order valence-electron chi connectivity index (χ3n) is 10.8. The molecule has 1 aliphatic rings. The summed E-state index contributed by atoms with van der Waals surface area (Å²) in [4.78, 5) is 2.51. The van der Waals surface area contributed by atoms with E-state index < -0.39 is 0 Å². The average molecular weight is 645 g/mol. The van der Waals surface area contributed by atoms with Crippen LogP contribution in [0.1, 0.15) is 41.7 Å². The van der Waals surface area contributed by atoms with Gasteiger partial charge in [0.15, 0.2) is 0 Å². The summed E-state index contributed by atoms with van der Waals surface area (Å²) in [5.41, 5.74) is 18.8. The van der Waals surface area contributed by atoms with E-state index in [-0.39, 0.29) is 5.41 Å². The minimum atomic E-state index is -0.0769. The molecule has 2 heteroatoms. The van der Waals surface area contributed by atoms with E-state index in [4.69, 9.17) is 0 Å². The van der Waals surface area contributed by atoms with Crippen LogP contribution in [0, 0.1) is 20.8 Å². The topological polar surface area (TPSA) is 8.17 Å². The van der Waals surface area contributed by atoms with Crippen molar-refractivity contribution < 1.29 is 0 Å². The van der Waals surface area contributed by atoms with Gasteiger partial charge < -0.3 is 9.47 Å². The molecule has 1 aromatic heterocycles. The van der Waals surface area contributed by atoms with Crippen molar-refractivity contribution in [3.63, 3.8) is 0 Å². The molecular formula is C48H40N2. The van der Waals surface area contributed by atoms with Crippen LogP contribution in [0.15, 0.2) is 152 Å². The van der Waals surface area contributed by atoms with E-state index in [0.29, 0.717) is 0 Å². The minimum absolute atomic E-state index is 0.0769. The molecule has 242 valence electrons. The van der Waals surface area contributed by atoms with Crippen molar-refractivity contribution in [2.75, 3.05) is 4.90 Å². The predicted molar refractivity (Wildman–Crippen MR) is 213 cm³/mol. The van der Waals surface area contributed by atoms with Gasteiger partial charge in [0.05, 0.1) is 22.4 Å². The van der Waals surface area contributed by atoms with Gasteiger partial charge in [0.25, 0.3) is 0 Å². The van der Waals surface area contributed by atoms with Gasteiger partial charge in [-0.2, -0.15) is 0 Å². The van der Waals surface area contributed by atoms with E-state index in [2.05, 4.69) is 196 Å². The van der Waals surface area contributed by atoms with Crippen LogP contribution in [0.2, 0.25) is 0 Å². The number of aromatic nitrogens is 1. The zero-order valence-corrected chi connectivity index (χ0v) is 29.3. The molecule has 9 rings (SSSR count). The molecule has 1 heterocycles. The lowest BCUT2D eigenvalue weighted by Crippen LogP contribution is -2.17. The molecule has 1 aliphatic carbocycles. The van der Waals surface area contributed by atoms with Crippen LogP contribution >= 0.6 is 0 Å². The highest BCUT2D eigenvalue weighted by Gasteiger charge is 2.38. The van der Waals surface area contributed by atoms with Crippen LogP contribution < -0.4 is 4.90 Å². The lowest BCUT2D eigenvalue weighted by atomic mass is 9.82. The van der Waals surface area contributed by atoms with Crippen molar-refractivity contribution in [2.24, 2.45) is 0 Å². The molecule has 8 aromatic rings. The smallest absolute Gasteiger partial charge is 0.0547 e. The maximum absolute atomic E-state index is 2.51. The monoisotopic (exact) mass is 644 g/mol. The van der Waals surface area contributed by atoms with Crippen molar-refractivity contribution in [1.29, 1.82) is 0 Å². The molecule has 0 fully saturated rings.